The zero-order chi connectivity index (χ0) is 19.4. The molecule has 6 nitrogen and oxygen atoms in total. The van der Waals surface area contributed by atoms with Crippen LogP contribution in [0.25, 0.3) is 11.0 Å². The number of para-hydroxylation sites is 1. The summed E-state index contributed by atoms with van der Waals surface area (Å²) in [6, 6.07) is 15.4. The maximum absolute atomic E-state index is 12.7. The van der Waals surface area contributed by atoms with E-state index in [9.17, 15) is 9.59 Å². The lowest BCUT2D eigenvalue weighted by Crippen LogP contribution is -2.47. The molecule has 3 aromatic rings. The SMILES string of the molecule is COc1cccc(NC(=O)[C@@H](NC(=O)c2cc3ccccc3o2)C(C)C)c1. The molecule has 1 atom stereocenters. The number of hydrogen-bond acceptors (Lipinski definition) is 4. The zero-order valence-electron chi connectivity index (χ0n) is 15.5. The molecule has 0 bridgehead atoms. The number of ether oxygens (including phenoxy) is 1. The van der Waals surface area contributed by atoms with Crippen LogP contribution in [-0.4, -0.2) is 25.0 Å². The molecular formula is C21H22N2O4. The lowest BCUT2D eigenvalue weighted by Gasteiger charge is -2.21. The van der Waals surface area contributed by atoms with Gasteiger partial charge in [0.2, 0.25) is 5.91 Å². The number of anilines is 1. The summed E-state index contributed by atoms with van der Waals surface area (Å²) < 4.78 is 10.7. The first-order valence-corrected chi connectivity index (χ1v) is 8.72. The third kappa shape index (κ3) is 4.28. The van der Waals surface area contributed by atoms with Crippen molar-refractivity contribution in [2.45, 2.75) is 19.9 Å². The molecule has 6 heteroatoms. The van der Waals surface area contributed by atoms with E-state index in [2.05, 4.69) is 10.6 Å². The van der Waals surface area contributed by atoms with E-state index >= 15 is 0 Å². The molecule has 0 spiro atoms. The van der Waals surface area contributed by atoms with E-state index in [1.54, 1.807) is 43.5 Å². The van der Waals surface area contributed by atoms with Crippen molar-refractivity contribution in [1.29, 1.82) is 0 Å². The van der Waals surface area contributed by atoms with Crippen molar-refractivity contribution in [2.24, 2.45) is 5.92 Å². The molecule has 0 aliphatic rings. The first-order chi connectivity index (χ1) is 13.0. The van der Waals surface area contributed by atoms with E-state index in [4.69, 9.17) is 9.15 Å². The van der Waals surface area contributed by atoms with Crippen LogP contribution in [0, 0.1) is 5.92 Å². The van der Waals surface area contributed by atoms with Crippen LogP contribution >= 0.6 is 0 Å². The number of benzene rings is 2. The molecule has 0 unspecified atom stereocenters. The minimum atomic E-state index is -0.711. The summed E-state index contributed by atoms with van der Waals surface area (Å²) in [6.07, 6.45) is 0. The lowest BCUT2D eigenvalue weighted by atomic mass is 10.0. The fourth-order valence-electron chi connectivity index (χ4n) is 2.76. The number of nitrogens with one attached hydrogen (secondary N) is 2. The normalized spacial score (nSPS) is 12.0. The molecule has 1 heterocycles. The van der Waals surface area contributed by atoms with Gasteiger partial charge < -0.3 is 19.8 Å². The van der Waals surface area contributed by atoms with E-state index in [1.165, 1.54) is 0 Å². The van der Waals surface area contributed by atoms with Gasteiger partial charge in [0.15, 0.2) is 5.76 Å². The van der Waals surface area contributed by atoms with Gasteiger partial charge in [0.1, 0.15) is 17.4 Å². The second kappa shape index (κ2) is 7.95. The second-order valence-corrected chi connectivity index (χ2v) is 6.56. The molecule has 0 aliphatic carbocycles. The van der Waals surface area contributed by atoms with Crippen LogP contribution < -0.4 is 15.4 Å². The zero-order valence-corrected chi connectivity index (χ0v) is 15.5. The largest absolute Gasteiger partial charge is 0.497 e. The molecule has 0 aliphatic heterocycles. The average Bonchev–Trinajstić information content (AvgIpc) is 3.10. The summed E-state index contributed by atoms with van der Waals surface area (Å²) in [7, 11) is 1.56. The van der Waals surface area contributed by atoms with E-state index in [1.807, 2.05) is 32.0 Å². The van der Waals surface area contributed by atoms with Gasteiger partial charge in [-0.1, -0.05) is 38.1 Å². The van der Waals surface area contributed by atoms with Gasteiger partial charge in [-0.05, 0) is 30.2 Å². The molecule has 2 amide bonds. The van der Waals surface area contributed by atoms with Crippen molar-refractivity contribution in [3.63, 3.8) is 0 Å². The Hall–Kier alpha value is -3.28. The van der Waals surface area contributed by atoms with Crippen molar-refractivity contribution >= 4 is 28.5 Å². The highest BCUT2D eigenvalue weighted by molar-refractivity contribution is 6.01. The van der Waals surface area contributed by atoms with Crippen molar-refractivity contribution in [2.75, 3.05) is 12.4 Å². The van der Waals surface area contributed by atoms with Gasteiger partial charge in [0.05, 0.1) is 7.11 Å². The molecule has 0 saturated heterocycles. The van der Waals surface area contributed by atoms with Crippen LogP contribution in [0.4, 0.5) is 5.69 Å². The minimum absolute atomic E-state index is 0.107. The number of methoxy groups -OCH3 is 1. The van der Waals surface area contributed by atoms with Crippen molar-refractivity contribution in [3.05, 3.63) is 60.4 Å². The van der Waals surface area contributed by atoms with E-state index in [0.717, 1.165) is 5.39 Å². The monoisotopic (exact) mass is 366 g/mol. The van der Waals surface area contributed by atoms with Crippen molar-refractivity contribution in [3.8, 4) is 5.75 Å². The van der Waals surface area contributed by atoms with Crippen LogP contribution in [0.1, 0.15) is 24.4 Å². The molecule has 1 aromatic heterocycles. The quantitative estimate of drug-likeness (QED) is 0.695. The number of furan rings is 1. The number of amides is 2. The smallest absolute Gasteiger partial charge is 0.287 e. The fraction of sp³-hybridized carbons (Fsp3) is 0.238. The Morgan fingerprint density at radius 3 is 2.52 bits per heavy atom. The molecule has 140 valence electrons. The predicted octanol–water partition coefficient (Wildman–Crippen LogP) is 3.83. The van der Waals surface area contributed by atoms with Gasteiger partial charge in [-0.15, -0.1) is 0 Å². The Balaban J connectivity index is 1.74. The van der Waals surface area contributed by atoms with Crippen LogP contribution in [0.5, 0.6) is 5.75 Å². The van der Waals surface area contributed by atoms with E-state index in [-0.39, 0.29) is 17.6 Å². The van der Waals surface area contributed by atoms with Gasteiger partial charge in [-0.3, -0.25) is 9.59 Å². The maximum atomic E-state index is 12.7. The Morgan fingerprint density at radius 1 is 1.04 bits per heavy atom. The highest BCUT2D eigenvalue weighted by Gasteiger charge is 2.26. The summed E-state index contributed by atoms with van der Waals surface area (Å²) in [5.41, 5.74) is 1.23. The van der Waals surface area contributed by atoms with Gasteiger partial charge in [0, 0.05) is 17.1 Å². The number of rotatable bonds is 6. The summed E-state index contributed by atoms with van der Waals surface area (Å²) >= 11 is 0. The van der Waals surface area contributed by atoms with Gasteiger partial charge >= 0.3 is 0 Å². The number of hydrogen-bond donors (Lipinski definition) is 2. The summed E-state index contributed by atoms with van der Waals surface area (Å²) in [6.45, 7) is 3.74. The average molecular weight is 366 g/mol. The molecule has 2 aromatic carbocycles. The minimum Gasteiger partial charge on any atom is -0.497 e. The molecular weight excluding hydrogens is 344 g/mol. The van der Waals surface area contributed by atoms with Crippen LogP contribution in [0.3, 0.4) is 0 Å². The van der Waals surface area contributed by atoms with Gasteiger partial charge in [-0.25, -0.2) is 0 Å². The third-order valence-electron chi connectivity index (χ3n) is 4.22. The number of carbonyl (C=O) groups is 2. The first kappa shape index (κ1) is 18.5. The topological polar surface area (TPSA) is 80.6 Å². The number of carbonyl (C=O) groups excluding carboxylic acids is 2. The first-order valence-electron chi connectivity index (χ1n) is 8.72. The summed E-state index contributed by atoms with van der Waals surface area (Å²) in [5, 5.41) is 6.42. The van der Waals surface area contributed by atoms with Gasteiger partial charge in [0.25, 0.3) is 5.91 Å². The Labute approximate surface area is 157 Å². The van der Waals surface area contributed by atoms with Gasteiger partial charge in [-0.2, -0.15) is 0 Å². The summed E-state index contributed by atoms with van der Waals surface area (Å²) in [4.78, 5) is 25.3. The molecule has 0 fully saturated rings. The highest BCUT2D eigenvalue weighted by Crippen LogP contribution is 2.20. The van der Waals surface area contributed by atoms with Crippen LogP contribution in [-0.2, 0) is 4.79 Å². The Kier molecular flexibility index (Phi) is 5.45. The Morgan fingerprint density at radius 2 is 1.81 bits per heavy atom. The second-order valence-electron chi connectivity index (χ2n) is 6.56. The molecule has 0 radical (unpaired) electrons. The standard InChI is InChI=1S/C21H22N2O4/c1-13(2)19(21(25)22-15-8-6-9-16(12-15)26-3)23-20(24)18-11-14-7-4-5-10-17(14)27-18/h4-13,19H,1-3H3,(H,22,25)(H,23,24)/t19-/m0/s1. The molecule has 2 N–H and O–H groups in total. The van der Waals surface area contributed by atoms with Crippen molar-refractivity contribution < 1.29 is 18.7 Å². The van der Waals surface area contributed by atoms with Crippen LogP contribution in [0.15, 0.2) is 59.0 Å². The van der Waals surface area contributed by atoms with Crippen LogP contribution in [0.2, 0.25) is 0 Å². The fourth-order valence-corrected chi connectivity index (χ4v) is 2.76. The number of fused-ring (bicyclic) bond motifs is 1. The molecule has 3 rings (SSSR count). The molecule has 0 saturated carbocycles. The summed E-state index contributed by atoms with van der Waals surface area (Å²) in [5.74, 6) is -0.0198. The predicted molar refractivity (Wildman–Crippen MR) is 104 cm³/mol. The van der Waals surface area contributed by atoms with Crippen molar-refractivity contribution in [1.82, 2.24) is 5.32 Å². The van der Waals surface area contributed by atoms with E-state index < -0.39 is 11.9 Å². The molecule has 27 heavy (non-hydrogen) atoms. The maximum Gasteiger partial charge on any atom is 0.287 e. The Bertz CT molecular complexity index is 928. The third-order valence-corrected chi connectivity index (χ3v) is 4.22. The lowest BCUT2D eigenvalue weighted by molar-refractivity contribution is -0.118. The highest BCUT2D eigenvalue weighted by atomic mass is 16.5. The van der Waals surface area contributed by atoms with E-state index in [0.29, 0.717) is 17.0 Å².